The normalized spacial score (nSPS) is 28.1. The zero-order valence-corrected chi connectivity index (χ0v) is 11.4. The van der Waals surface area contributed by atoms with E-state index in [0.717, 1.165) is 25.5 Å². The summed E-state index contributed by atoms with van der Waals surface area (Å²) in [5, 5.41) is 10.4. The van der Waals surface area contributed by atoms with Crippen molar-refractivity contribution in [3.05, 3.63) is 28.5 Å². The van der Waals surface area contributed by atoms with Gasteiger partial charge >= 0.3 is 6.18 Å². The molecular formula is C13H14ClF3N2O. The van der Waals surface area contributed by atoms with Crippen molar-refractivity contribution in [1.29, 1.82) is 0 Å². The van der Waals surface area contributed by atoms with Crippen molar-refractivity contribution in [2.45, 2.75) is 37.1 Å². The lowest BCUT2D eigenvalue weighted by Gasteiger charge is -2.25. The topological polar surface area (TPSA) is 36.4 Å². The number of alkyl halides is 3. The molecule has 1 aromatic heterocycles. The molecule has 1 N–H and O–H groups in total. The molecule has 1 aliphatic carbocycles. The van der Waals surface area contributed by atoms with Crippen LogP contribution in [-0.2, 0) is 11.8 Å². The summed E-state index contributed by atoms with van der Waals surface area (Å²) >= 11 is 5.86. The summed E-state index contributed by atoms with van der Waals surface area (Å²) < 4.78 is 37.7. The van der Waals surface area contributed by atoms with Crippen LogP contribution < -0.4 is 0 Å². The number of aromatic nitrogens is 1. The Morgan fingerprint density at radius 1 is 1.35 bits per heavy atom. The number of nitrogens with zero attached hydrogens (tertiary/aromatic N) is 2. The maximum atomic E-state index is 12.6. The Balaban J connectivity index is 1.86. The molecule has 0 aromatic carbocycles. The molecule has 20 heavy (non-hydrogen) atoms. The summed E-state index contributed by atoms with van der Waals surface area (Å²) in [5.41, 5.74) is -1.95. The molecule has 2 aliphatic rings. The van der Waals surface area contributed by atoms with E-state index in [0.29, 0.717) is 19.0 Å². The van der Waals surface area contributed by atoms with Crippen LogP contribution in [0, 0.1) is 0 Å². The molecule has 1 aromatic rings. The molecule has 1 unspecified atom stereocenters. The molecule has 7 heteroatoms. The van der Waals surface area contributed by atoms with Crippen molar-refractivity contribution in [3.63, 3.8) is 0 Å². The predicted molar refractivity (Wildman–Crippen MR) is 67.4 cm³/mol. The van der Waals surface area contributed by atoms with Crippen LogP contribution in [-0.4, -0.2) is 34.1 Å². The fourth-order valence-corrected chi connectivity index (χ4v) is 3.06. The number of likely N-dealkylation sites (tertiary alicyclic amines) is 1. The molecule has 0 radical (unpaired) electrons. The fraction of sp³-hybridized carbons (Fsp3) is 0.615. The number of halogens is 4. The minimum atomic E-state index is -4.53. The highest BCUT2D eigenvalue weighted by Gasteiger charge is 2.44. The van der Waals surface area contributed by atoms with Gasteiger partial charge in [0.15, 0.2) is 0 Å². The molecule has 1 atom stereocenters. The van der Waals surface area contributed by atoms with Crippen LogP contribution >= 0.6 is 11.6 Å². The summed E-state index contributed by atoms with van der Waals surface area (Å²) in [6.45, 7) is 1.14. The van der Waals surface area contributed by atoms with Crippen molar-refractivity contribution in [3.8, 4) is 0 Å². The minimum absolute atomic E-state index is 0.264. The fourth-order valence-electron chi connectivity index (χ4n) is 2.73. The largest absolute Gasteiger partial charge is 0.433 e. The van der Waals surface area contributed by atoms with Crippen molar-refractivity contribution >= 4 is 11.6 Å². The molecule has 2 heterocycles. The molecule has 0 bridgehead atoms. The van der Waals surface area contributed by atoms with Crippen LogP contribution in [0.2, 0.25) is 5.15 Å². The zero-order valence-electron chi connectivity index (χ0n) is 10.6. The first-order valence-corrected chi connectivity index (χ1v) is 6.88. The van der Waals surface area contributed by atoms with Gasteiger partial charge in [-0.05, 0) is 25.3 Å². The highest BCUT2D eigenvalue weighted by atomic mass is 35.5. The number of rotatable bonds is 2. The number of aliphatic hydroxyl groups is 1. The Labute approximate surface area is 119 Å². The molecule has 1 saturated carbocycles. The summed E-state index contributed by atoms with van der Waals surface area (Å²) in [6.07, 6.45) is -1.82. The van der Waals surface area contributed by atoms with Crippen molar-refractivity contribution in [2.75, 3.05) is 13.1 Å². The van der Waals surface area contributed by atoms with Crippen LogP contribution in [0.25, 0.3) is 0 Å². The minimum Gasteiger partial charge on any atom is -0.384 e. The number of hydrogen-bond acceptors (Lipinski definition) is 3. The SMILES string of the molecule is OC1(c2ccc(C(F)(F)F)nc2Cl)CCN(C2CC2)C1. The Morgan fingerprint density at radius 3 is 2.60 bits per heavy atom. The lowest BCUT2D eigenvalue weighted by molar-refractivity contribution is -0.141. The van der Waals surface area contributed by atoms with Crippen molar-refractivity contribution < 1.29 is 18.3 Å². The summed E-state index contributed by atoms with van der Waals surface area (Å²) in [5.74, 6) is 0. The third-order valence-corrected chi connectivity index (χ3v) is 4.27. The second-order valence-electron chi connectivity index (χ2n) is 5.52. The average Bonchev–Trinajstić information content (AvgIpc) is 3.12. The molecule has 110 valence electrons. The Kier molecular flexibility index (Phi) is 3.23. The van der Waals surface area contributed by atoms with E-state index in [4.69, 9.17) is 11.6 Å². The van der Waals surface area contributed by atoms with Gasteiger partial charge in [0.25, 0.3) is 0 Å². The second kappa shape index (κ2) is 4.58. The summed E-state index contributed by atoms with van der Waals surface area (Å²) in [4.78, 5) is 5.54. The van der Waals surface area contributed by atoms with Gasteiger partial charge in [-0.15, -0.1) is 0 Å². The van der Waals surface area contributed by atoms with Crippen LogP contribution in [0.15, 0.2) is 12.1 Å². The third-order valence-electron chi connectivity index (χ3n) is 3.98. The van der Waals surface area contributed by atoms with E-state index >= 15 is 0 Å². The van der Waals surface area contributed by atoms with Crippen LogP contribution in [0.4, 0.5) is 13.2 Å². The summed E-state index contributed by atoms with van der Waals surface area (Å²) in [7, 11) is 0. The molecule has 2 fully saturated rings. The van der Waals surface area contributed by atoms with Gasteiger partial charge in [0.05, 0.1) is 0 Å². The quantitative estimate of drug-likeness (QED) is 0.854. The van der Waals surface area contributed by atoms with Crippen LogP contribution in [0.5, 0.6) is 0 Å². The lowest BCUT2D eigenvalue weighted by atomic mass is 9.94. The zero-order chi connectivity index (χ0) is 14.5. The Hall–Kier alpha value is -0.850. The van der Waals surface area contributed by atoms with Gasteiger partial charge in [-0.3, -0.25) is 4.90 Å². The maximum Gasteiger partial charge on any atom is 0.433 e. The van der Waals surface area contributed by atoms with Gasteiger partial charge in [0, 0.05) is 24.7 Å². The predicted octanol–water partition coefficient (Wildman–Crippen LogP) is 2.81. The van der Waals surface area contributed by atoms with E-state index in [9.17, 15) is 18.3 Å². The highest BCUT2D eigenvalue weighted by molar-refractivity contribution is 6.30. The molecule has 1 saturated heterocycles. The third kappa shape index (κ3) is 2.52. The molecule has 1 aliphatic heterocycles. The van der Waals surface area contributed by atoms with Gasteiger partial charge in [-0.1, -0.05) is 17.7 Å². The van der Waals surface area contributed by atoms with Gasteiger partial charge in [0.2, 0.25) is 0 Å². The van der Waals surface area contributed by atoms with E-state index in [-0.39, 0.29) is 10.7 Å². The highest BCUT2D eigenvalue weighted by Crippen LogP contribution is 2.41. The van der Waals surface area contributed by atoms with E-state index in [2.05, 4.69) is 9.88 Å². The van der Waals surface area contributed by atoms with E-state index in [1.54, 1.807) is 0 Å². The Morgan fingerprint density at radius 2 is 2.05 bits per heavy atom. The maximum absolute atomic E-state index is 12.6. The standard InChI is InChI=1S/C13H14ClF3N2O/c14-11-9(3-4-10(18-11)13(15,16)17)12(20)5-6-19(7-12)8-1-2-8/h3-4,8,20H,1-2,5-7H2. The summed E-state index contributed by atoms with van der Waals surface area (Å²) in [6, 6.07) is 2.62. The van der Waals surface area contributed by atoms with Gasteiger partial charge in [-0.2, -0.15) is 13.2 Å². The first kappa shape index (κ1) is 14.1. The first-order valence-electron chi connectivity index (χ1n) is 6.50. The molecule has 0 spiro atoms. The molecule has 3 nitrogen and oxygen atoms in total. The molecule has 0 amide bonds. The molecular weight excluding hydrogens is 293 g/mol. The first-order chi connectivity index (χ1) is 9.29. The Bertz CT molecular complexity index is 533. The van der Waals surface area contributed by atoms with Crippen LogP contribution in [0.3, 0.4) is 0 Å². The lowest BCUT2D eigenvalue weighted by Crippen LogP contribution is -2.32. The number of β-amino-alcohol motifs (C(OH)–C–C–N with tert-alkyl or cyclic N) is 1. The molecule has 3 rings (SSSR count). The average molecular weight is 307 g/mol. The van der Waals surface area contributed by atoms with Crippen molar-refractivity contribution in [1.82, 2.24) is 9.88 Å². The van der Waals surface area contributed by atoms with Gasteiger partial charge in [0.1, 0.15) is 16.4 Å². The van der Waals surface area contributed by atoms with E-state index in [1.165, 1.54) is 6.07 Å². The van der Waals surface area contributed by atoms with Gasteiger partial charge in [-0.25, -0.2) is 4.98 Å². The van der Waals surface area contributed by atoms with E-state index < -0.39 is 17.5 Å². The smallest absolute Gasteiger partial charge is 0.384 e. The number of hydrogen-bond donors (Lipinski definition) is 1. The van der Waals surface area contributed by atoms with Gasteiger partial charge < -0.3 is 5.11 Å². The van der Waals surface area contributed by atoms with E-state index in [1.807, 2.05) is 0 Å². The monoisotopic (exact) mass is 306 g/mol. The number of pyridine rings is 1. The second-order valence-corrected chi connectivity index (χ2v) is 5.87. The van der Waals surface area contributed by atoms with Crippen LogP contribution in [0.1, 0.15) is 30.5 Å². The van der Waals surface area contributed by atoms with Crippen molar-refractivity contribution in [2.24, 2.45) is 0 Å².